The molecule has 0 radical (unpaired) electrons. The van der Waals surface area contributed by atoms with E-state index in [1.807, 2.05) is 0 Å². The van der Waals surface area contributed by atoms with Crippen LogP contribution in [-0.2, 0) is 14.8 Å². The summed E-state index contributed by atoms with van der Waals surface area (Å²) in [6.45, 7) is 0.377. The minimum Gasteiger partial charge on any atom is -0.481 e. The number of carboxylic acid groups (broad SMARTS) is 1. The smallest absolute Gasteiger partial charge is 0.306 e. The van der Waals surface area contributed by atoms with Crippen LogP contribution < -0.4 is 0 Å². The summed E-state index contributed by atoms with van der Waals surface area (Å²) < 4.78 is 26.5. The molecular weight excluding hydrogens is 328 g/mol. The number of rotatable bonds is 4. The van der Waals surface area contributed by atoms with E-state index in [2.05, 4.69) is 0 Å². The van der Waals surface area contributed by atoms with Gasteiger partial charge in [-0.15, -0.1) is 11.3 Å². The second kappa shape index (κ2) is 6.35. The third-order valence-electron chi connectivity index (χ3n) is 3.63. The maximum Gasteiger partial charge on any atom is 0.306 e. The Labute approximate surface area is 133 Å². The van der Waals surface area contributed by atoms with Gasteiger partial charge in [0, 0.05) is 32.6 Å². The van der Waals surface area contributed by atoms with E-state index in [-0.39, 0.29) is 23.2 Å². The normalized spacial score (nSPS) is 17.4. The molecule has 0 unspecified atom stereocenters. The largest absolute Gasteiger partial charge is 0.481 e. The summed E-state index contributed by atoms with van der Waals surface area (Å²) in [7, 11) is -0.457. The van der Waals surface area contributed by atoms with Crippen molar-refractivity contribution in [1.29, 1.82) is 0 Å². The zero-order valence-corrected chi connectivity index (χ0v) is 14.0. The van der Waals surface area contributed by atoms with E-state index in [0.717, 1.165) is 11.3 Å². The van der Waals surface area contributed by atoms with Crippen LogP contribution in [0.2, 0.25) is 0 Å². The zero-order valence-electron chi connectivity index (χ0n) is 12.4. The van der Waals surface area contributed by atoms with Crippen LogP contribution in [0.25, 0.3) is 0 Å². The number of sulfonamides is 1. The fraction of sp³-hybridized carbons (Fsp3) is 0.538. The first-order valence-corrected chi connectivity index (χ1v) is 9.08. The molecule has 0 atom stereocenters. The summed E-state index contributed by atoms with van der Waals surface area (Å²) in [6.07, 6.45) is 0.618. The lowest BCUT2D eigenvalue weighted by atomic mass is 9.99. The monoisotopic (exact) mass is 346 g/mol. The summed E-state index contributed by atoms with van der Waals surface area (Å²) in [4.78, 5) is 24.1. The molecule has 22 heavy (non-hydrogen) atoms. The van der Waals surface area contributed by atoms with Crippen molar-refractivity contribution in [3.63, 3.8) is 0 Å². The van der Waals surface area contributed by atoms with Crippen molar-refractivity contribution in [1.82, 2.24) is 9.21 Å². The first-order chi connectivity index (χ1) is 10.2. The van der Waals surface area contributed by atoms with Gasteiger partial charge in [0.15, 0.2) is 0 Å². The van der Waals surface area contributed by atoms with Crippen LogP contribution in [0.1, 0.15) is 23.2 Å². The molecule has 0 saturated carbocycles. The van der Waals surface area contributed by atoms with Gasteiger partial charge >= 0.3 is 5.97 Å². The number of hydrogen-bond acceptors (Lipinski definition) is 5. The van der Waals surface area contributed by atoms with Gasteiger partial charge in [-0.25, -0.2) is 8.42 Å². The predicted molar refractivity (Wildman–Crippen MR) is 81.5 cm³/mol. The summed E-state index contributed by atoms with van der Waals surface area (Å²) in [5.41, 5.74) is 0.342. The van der Waals surface area contributed by atoms with Gasteiger partial charge in [-0.1, -0.05) is 0 Å². The molecule has 1 saturated heterocycles. The topological polar surface area (TPSA) is 95.0 Å². The number of aliphatic carboxylic acids is 1. The summed E-state index contributed by atoms with van der Waals surface area (Å²) in [6, 6.07) is 1.38. The Kier molecular flexibility index (Phi) is 4.88. The van der Waals surface area contributed by atoms with Gasteiger partial charge in [-0.3, -0.25) is 9.59 Å². The zero-order chi connectivity index (χ0) is 16.5. The molecule has 0 aromatic carbocycles. The van der Waals surface area contributed by atoms with Crippen molar-refractivity contribution >= 4 is 33.2 Å². The van der Waals surface area contributed by atoms with Gasteiger partial charge in [0.2, 0.25) is 0 Å². The van der Waals surface area contributed by atoms with Crippen molar-refractivity contribution in [2.45, 2.75) is 17.1 Å². The van der Waals surface area contributed by atoms with E-state index in [4.69, 9.17) is 5.11 Å². The van der Waals surface area contributed by atoms with Gasteiger partial charge in [0.25, 0.3) is 15.9 Å². The number of carbonyl (C=O) groups excluding carboxylic acids is 1. The van der Waals surface area contributed by atoms with E-state index >= 15 is 0 Å². The van der Waals surface area contributed by atoms with Crippen molar-refractivity contribution in [3.05, 3.63) is 17.0 Å². The van der Waals surface area contributed by atoms with E-state index in [1.165, 1.54) is 20.7 Å². The van der Waals surface area contributed by atoms with Gasteiger partial charge in [-0.05, 0) is 18.9 Å². The lowest BCUT2D eigenvalue weighted by molar-refractivity contribution is -0.142. The molecule has 0 aliphatic carbocycles. The first kappa shape index (κ1) is 16.9. The van der Waals surface area contributed by atoms with Crippen LogP contribution >= 0.6 is 11.3 Å². The van der Waals surface area contributed by atoms with E-state index < -0.39 is 21.9 Å². The molecule has 1 amide bonds. The minimum absolute atomic E-state index is 0.117. The SMILES string of the molecule is CN(C)C(=O)c1csc(S(=O)(=O)N2CCC(C(=O)O)CC2)c1. The highest BCUT2D eigenvalue weighted by atomic mass is 32.2. The van der Waals surface area contributed by atoms with Gasteiger partial charge in [0.05, 0.1) is 11.5 Å². The van der Waals surface area contributed by atoms with Gasteiger partial charge in [0.1, 0.15) is 4.21 Å². The quantitative estimate of drug-likeness (QED) is 0.875. The van der Waals surface area contributed by atoms with Gasteiger partial charge < -0.3 is 10.0 Å². The fourth-order valence-corrected chi connectivity index (χ4v) is 5.07. The molecule has 1 aliphatic heterocycles. The summed E-state index contributed by atoms with van der Waals surface area (Å²) in [5, 5.41) is 10.5. The number of hydrogen-bond donors (Lipinski definition) is 1. The second-order valence-electron chi connectivity index (χ2n) is 5.37. The number of carbonyl (C=O) groups is 2. The minimum atomic E-state index is -3.66. The highest BCUT2D eigenvalue weighted by molar-refractivity contribution is 7.91. The maximum absolute atomic E-state index is 12.5. The Morgan fingerprint density at radius 3 is 2.41 bits per heavy atom. The van der Waals surface area contributed by atoms with E-state index in [1.54, 1.807) is 14.1 Å². The maximum atomic E-state index is 12.5. The molecule has 1 aliphatic rings. The third kappa shape index (κ3) is 3.31. The molecule has 1 aromatic heterocycles. The molecule has 0 bridgehead atoms. The summed E-state index contributed by atoms with van der Waals surface area (Å²) >= 11 is 1.01. The molecular formula is C13H18N2O5S2. The highest BCUT2D eigenvalue weighted by Gasteiger charge is 2.33. The van der Waals surface area contributed by atoms with Crippen molar-refractivity contribution in [3.8, 4) is 0 Å². The highest BCUT2D eigenvalue weighted by Crippen LogP contribution is 2.28. The van der Waals surface area contributed by atoms with Crippen LogP contribution in [0.5, 0.6) is 0 Å². The van der Waals surface area contributed by atoms with E-state index in [9.17, 15) is 18.0 Å². The lowest BCUT2D eigenvalue weighted by Crippen LogP contribution is -2.39. The molecule has 1 fully saturated rings. The molecule has 1 aromatic rings. The molecule has 0 spiro atoms. The van der Waals surface area contributed by atoms with Crippen LogP contribution in [0.3, 0.4) is 0 Å². The number of thiophene rings is 1. The lowest BCUT2D eigenvalue weighted by Gasteiger charge is -2.28. The Balaban J connectivity index is 2.15. The fourth-order valence-electron chi connectivity index (χ4n) is 2.29. The Bertz CT molecular complexity index is 672. The molecule has 2 rings (SSSR count). The number of amides is 1. The third-order valence-corrected chi connectivity index (χ3v) is 6.94. The van der Waals surface area contributed by atoms with Crippen LogP contribution in [-0.4, -0.2) is 61.8 Å². The number of carboxylic acids is 1. The molecule has 9 heteroatoms. The number of piperidine rings is 1. The molecule has 1 N–H and O–H groups in total. The average molecular weight is 346 g/mol. The van der Waals surface area contributed by atoms with Crippen molar-refractivity contribution < 1.29 is 23.1 Å². The molecule has 122 valence electrons. The Hall–Kier alpha value is -1.45. The molecule has 7 nitrogen and oxygen atoms in total. The van der Waals surface area contributed by atoms with Crippen molar-refractivity contribution in [2.24, 2.45) is 5.92 Å². The van der Waals surface area contributed by atoms with Crippen LogP contribution in [0.4, 0.5) is 0 Å². The standard InChI is InChI=1S/C13H18N2O5S2/c1-14(2)12(16)10-7-11(21-8-10)22(19,20)15-5-3-9(4-6-15)13(17)18/h7-9H,3-6H2,1-2H3,(H,17,18). The summed E-state index contributed by atoms with van der Waals surface area (Å²) in [5.74, 6) is -1.62. The Morgan fingerprint density at radius 2 is 1.91 bits per heavy atom. The second-order valence-corrected chi connectivity index (χ2v) is 8.45. The predicted octanol–water partition coefficient (Wildman–Crippen LogP) is 0.935. The molecule has 2 heterocycles. The van der Waals surface area contributed by atoms with Crippen LogP contribution in [0, 0.1) is 5.92 Å². The van der Waals surface area contributed by atoms with Crippen molar-refractivity contribution in [2.75, 3.05) is 27.2 Å². The van der Waals surface area contributed by atoms with E-state index in [0.29, 0.717) is 18.4 Å². The first-order valence-electron chi connectivity index (χ1n) is 6.76. The average Bonchev–Trinajstić information content (AvgIpc) is 2.96. The van der Waals surface area contributed by atoms with Crippen LogP contribution in [0.15, 0.2) is 15.7 Å². The number of nitrogens with zero attached hydrogens (tertiary/aromatic N) is 2. The Morgan fingerprint density at radius 1 is 1.32 bits per heavy atom. The van der Waals surface area contributed by atoms with Gasteiger partial charge in [-0.2, -0.15) is 4.31 Å².